The Morgan fingerprint density at radius 2 is 1.93 bits per heavy atom. The molecule has 4 aromatic rings. The Kier molecular flexibility index (Phi) is 4.70. The van der Waals surface area contributed by atoms with Crippen LogP contribution in [0.15, 0.2) is 29.3 Å². The van der Waals surface area contributed by atoms with Crippen LogP contribution in [-0.4, -0.2) is 50.4 Å². The van der Waals surface area contributed by atoms with E-state index in [0.29, 0.717) is 21.8 Å². The van der Waals surface area contributed by atoms with E-state index in [9.17, 15) is 17.7 Å². The van der Waals surface area contributed by atoms with Crippen molar-refractivity contribution in [2.45, 2.75) is 18.0 Å². The molecular formula is C16H13F3N8OS. The van der Waals surface area contributed by atoms with Crippen molar-refractivity contribution < 1.29 is 17.7 Å². The molecule has 9 nitrogen and oxygen atoms in total. The summed E-state index contributed by atoms with van der Waals surface area (Å²) in [5, 5.41) is 18.2. The first-order valence-corrected chi connectivity index (χ1v) is 9.65. The van der Waals surface area contributed by atoms with E-state index in [4.69, 9.17) is 0 Å². The predicted octanol–water partition coefficient (Wildman–Crippen LogP) is 2.36. The van der Waals surface area contributed by atoms with E-state index in [2.05, 4.69) is 35.6 Å². The Labute approximate surface area is 164 Å². The molecule has 0 fully saturated rings. The van der Waals surface area contributed by atoms with Crippen molar-refractivity contribution in [3.05, 3.63) is 30.0 Å². The molecule has 0 radical (unpaired) electrons. The molecule has 1 N–H and O–H groups in total. The fourth-order valence-electron chi connectivity index (χ4n) is 2.75. The number of aromatic nitrogens is 8. The van der Waals surface area contributed by atoms with E-state index in [1.165, 1.54) is 4.57 Å². The maximum Gasteiger partial charge on any atom is 0.416 e. The Morgan fingerprint density at radius 1 is 1.17 bits per heavy atom. The van der Waals surface area contributed by atoms with Crippen molar-refractivity contribution in [2.75, 3.05) is 5.75 Å². The highest BCUT2D eigenvalue weighted by Gasteiger charge is 2.31. The van der Waals surface area contributed by atoms with Crippen molar-refractivity contribution in [3.63, 3.8) is 0 Å². The van der Waals surface area contributed by atoms with E-state index in [-0.39, 0.29) is 23.0 Å². The zero-order valence-electron chi connectivity index (χ0n) is 15.1. The molecule has 0 aliphatic heterocycles. The first-order valence-electron chi connectivity index (χ1n) is 8.33. The number of nitrogens with one attached hydrogen (secondary N) is 1. The monoisotopic (exact) mass is 422 g/mol. The third-order valence-electron chi connectivity index (χ3n) is 4.19. The van der Waals surface area contributed by atoms with Crippen LogP contribution in [0, 0.1) is 0 Å². The molecule has 0 saturated carbocycles. The maximum atomic E-state index is 13.0. The molecule has 4 rings (SSSR count). The van der Waals surface area contributed by atoms with Gasteiger partial charge in [0.1, 0.15) is 17.0 Å². The number of rotatable bonds is 4. The van der Waals surface area contributed by atoms with Crippen molar-refractivity contribution in [1.29, 1.82) is 0 Å². The number of aromatic amines is 1. The molecular weight excluding hydrogens is 409 g/mol. The lowest BCUT2D eigenvalue weighted by Crippen LogP contribution is -2.09. The summed E-state index contributed by atoms with van der Waals surface area (Å²) in [4.78, 5) is 8.75. The molecule has 0 aliphatic rings. The lowest BCUT2D eigenvalue weighted by molar-refractivity contribution is -0.137. The van der Waals surface area contributed by atoms with Crippen LogP contribution in [0.1, 0.15) is 12.5 Å². The smallest absolute Gasteiger partial charge is 0.416 e. The van der Waals surface area contributed by atoms with Crippen LogP contribution in [0.3, 0.4) is 0 Å². The van der Waals surface area contributed by atoms with Crippen LogP contribution in [0.25, 0.3) is 34.2 Å². The fourth-order valence-corrected chi connectivity index (χ4v) is 3.66. The van der Waals surface area contributed by atoms with Crippen molar-refractivity contribution in [3.8, 4) is 23.0 Å². The molecule has 0 spiro atoms. The largest absolute Gasteiger partial charge is 0.611 e. The number of alkyl halides is 3. The average Bonchev–Trinajstić information content (AvgIpc) is 3.31. The van der Waals surface area contributed by atoms with E-state index in [1.807, 2.05) is 0 Å². The summed E-state index contributed by atoms with van der Waals surface area (Å²) < 4.78 is 53.1. The normalized spacial score (nSPS) is 13.2. The third-order valence-corrected chi connectivity index (χ3v) is 5.52. The highest BCUT2D eigenvalue weighted by molar-refractivity contribution is 7.91. The van der Waals surface area contributed by atoms with Crippen molar-refractivity contribution >= 4 is 22.3 Å². The zero-order chi connectivity index (χ0) is 20.8. The van der Waals surface area contributed by atoms with Gasteiger partial charge in [0.25, 0.3) is 0 Å². The van der Waals surface area contributed by atoms with Crippen LogP contribution in [0.2, 0.25) is 0 Å². The number of halogens is 3. The summed E-state index contributed by atoms with van der Waals surface area (Å²) in [5.41, 5.74) is 0.217. The molecule has 150 valence electrons. The number of nitrogens with zero attached hydrogens (tertiary/aromatic N) is 7. The Balaban J connectivity index is 1.86. The summed E-state index contributed by atoms with van der Waals surface area (Å²) in [6, 6.07) is 3.39. The minimum Gasteiger partial charge on any atom is -0.611 e. The molecule has 4 heterocycles. The van der Waals surface area contributed by atoms with Gasteiger partial charge in [0.05, 0.1) is 5.56 Å². The minimum atomic E-state index is -4.51. The maximum absolute atomic E-state index is 13.0. The molecule has 1 atom stereocenters. The van der Waals surface area contributed by atoms with E-state index in [1.54, 1.807) is 20.0 Å². The molecule has 0 amide bonds. The molecule has 0 aromatic carbocycles. The number of hydrogen-bond acceptors (Lipinski definition) is 7. The molecule has 29 heavy (non-hydrogen) atoms. The summed E-state index contributed by atoms with van der Waals surface area (Å²) in [5.74, 6) is 0.670. The van der Waals surface area contributed by atoms with Crippen molar-refractivity contribution in [1.82, 2.24) is 40.1 Å². The Morgan fingerprint density at radius 3 is 2.66 bits per heavy atom. The first-order chi connectivity index (χ1) is 13.8. The van der Waals surface area contributed by atoms with Gasteiger partial charge < -0.3 is 9.12 Å². The summed E-state index contributed by atoms with van der Waals surface area (Å²) in [6.45, 7) is 1.75. The van der Waals surface area contributed by atoms with E-state index in [0.717, 1.165) is 18.3 Å². The lowest BCUT2D eigenvalue weighted by Gasteiger charge is -2.12. The van der Waals surface area contributed by atoms with Gasteiger partial charge in [0.2, 0.25) is 5.65 Å². The second-order valence-electron chi connectivity index (χ2n) is 5.99. The lowest BCUT2D eigenvalue weighted by atomic mass is 10.2. The number of fused-ring (bicyclic) bond motifs is 1. The van der Waals surface area contributed by atoms with E-state index < -0.39 is 22.9 Å². The van der Waals surface area contributed by atoms with Crippen LogP contribution in [0.5, 0.6) is 0 Å². The Bertz CT molecular complexity index is 1190. The number of hydrogen-bond donors (Lipinski definition) is 1. The number of H-pyrrole nitrogens is 1. The first kappa shape index (κ1) is 19.3. The summed E-state index contributed by atoms with van der Waals surface area (Å²) in [6.07, 6.45) is -3.45. The Hall–Kier alpha value is -3.06. The van der Waals surface area contributed by atoms with Crippen LogP contribution < -0.4 is 0 Å². The molecule has 13 heteroatoms. The molecule has 0 bridgehead atoms. The second kappa shape index (κ2) is 7.08. The zero-order valence-corrected chi connectivity index (χ0v) is 15.9. The van der Waals surface area contributed by atoms with Crippen LogP contribution >= 0.6 is 0 Å². The minimum absolute atomic E-state index is 0.00162. The molecule has 1 unspecified atom stereocenters. The third kappa shape index (κ3) is 3.42. The van der Waals surface area contributed by atoms with Gasteiger partial charge in [-0.3, -0.25) is 10.1 Å². The van der Waals surface area contributed by atoms with Gasteiger partial charge in [-0.25, -0.2) is 4.98 Å². The van der Waals surface area contributed by atoms with Gasteiger partial charge in [0.15, 0.2) is 22.2 Å². The van der Waals surface area contributed by atoms with Gasteiger partial charge >= 0.3 is 6.18 Å². The van der Waals surface area contributed by atoms with Gasteiger partial charge in [-0.1, -0.05) is 5.21 Å². The average molecular weight is 422 g/mol. The van der Waals surface area contributed by atoms with Gasteiger partial charge in [0, 0.05) is 19.3 Å². The standard InChI is InChI=1S/C16H13F3N8OS/c1-3-29(28)11-7-9-13(23-26-22-9)21-12(11)15-25-24-14(27(15)2)10-6-8(4-5-20-10)16(17,18)19/h4-7H,3H2,1-2H3,(H,21,22,23,26). The highest BCUT2D eigenvalue weighted by Crippen LogP contribution is 2.32. The topological polar surface area (TPSA) is 121 Å². The summed E-state index contributed by atoms with van der Waals surface area (Å²) in [7, 11) is 1.57. The van der Waals surface area contributed by atoms with Crippen LogP contribution in [-0.2, 0) is 24.4 Å². The SMILES string of the molecule is CC[S+]([O-])c1cc2[nH]nnc2nc1-c1nnc(-c2cc(C(F)(F)F)ccn2)n1C. The van der Waals surface area contributed by atoms with Gasteiger partial charge in [-0.05, 0) is 30.2 Å². The summed E-state index contributed by atoms with van der Waals surface area (Å²) >= 11 is -1.39. The van der Waals surface area contributed by atoms with E-state index >= 15 is 0 Å². The predicted molar refractivity (Wildman–Crippen MR) is 96.9 cm³/mol. The highest BCUT2D eigenvalue weighted by atomic mass is 32.2. The molecule has 0 saturated heterocycles. The molecule has 0 aliphatic carbocycles. The van der Waals surface area contributed by atoms with Gasteiger partial charge in [-0.15, -0.1) is 15.3 Å². The van der Waals surface area contributed by atoms with Gasteiger partial charge in [-0.2, -0.15) is 13.2 Å². The quantitative estimate of drug-likeness (QED) is 0.501. The van der Waals surface area contributed by atoms with Crippen LogP contribution in [0.4, 0.5) is 13.2 Å². The van der Waals surface area contributed by atoms with Crippen molar-refractivity contribution in [2.24, 2.45) is 7.05 Å². The second-order valence-corrected chi connectivity index (χ2v) is 7.69. The fraction of sp³-hybridized carbons (Fsp3) is 0.250. The number of pyridine rings is 2. The molecule has 4 aromatic heterocycles.